The SMILES string of the molecule is CCOc1cc([C@@H]2NC(=O)NC(C)=C2C(=O)OC)ccc1OC[C@H](O)N/N=C\c1cc(Cl)c(OCc2ccc(C)cc2)c(OCC)c1. The Bertz CT molecular complexity index is 1630. The Morgan fingerprint density at radius 2 is 1.72 bits per heavy atom. The van der Waals surface area contributed by atoms with E-state index in [-0.39, 0.29) is 12.2 Å². The molecule has 2 atom stereocenters. The highest BCUT2D eigenvalue weighted by atomic mass is 35.5. The number of methoxy groups -OCH3 is 1. The molecule has 4 rings (SSSR count). The first kappa shape index (κ1) is 34.9. The highest BCUT2D eigenvalue weighted by Crippen LogP contribution is 2.37. The molecule has 47 heavy (non-hydrogen) atoms. The van der Waals surface area contributed by atoms with Crippen LogP contribution in [-0.4, -0.2) is 56.5 Å². The van der Waals surface area contributed by atoms with Gasteiger partial charge in [0.05, 0.1) is 43.2 Å². The lowest BCUT2D eigenvalue weighted by molar-refractivity contribution is -0.136. The fourth-order valence-electron chi connectivity index (χ4n) is 4.73. The number of allylic oxidation sites excluding steroid dienone is 1. The van der Waals surface area contributed by atoms with Gasteiger partial charge in [-0.15, -0.1) is 0 Å². The van der Waals surface area contributed by atoms with Crippen molar-refractivity contribution < 1.29 is 38.4 Å². The van der Waals surface area contributed by atoms with Crippen LogP contribution in [0.5, 0.6) is 23.0 Å². The van der Waals surface area contributed by atoms with Crippen LogP contribution in [0.3, 0.4) is 0 Å². The summed E-state index contributed by atoms with van der Waals surface area (Å²) in [5, 5.41) is 20.3. The number of hydrogen-bond donors (Lipinski definition) is 4. The van der Waals surface area contributed by atoms with E-state index in [0.717, 1.165) is 11.1 Å². The van der Waals surface area contributed by atoms with Gasteiger partial charge in [-0.05, 0) is 68.7 Å². The van der Waals surface area contributed by atoms with Crippen LogP contribution in [0.1, 0.15) is 49.1 Å². The zero-order valence-electron chi connectivity index (χ0n) is 26.9. The fraction of sp³-hybridized carbons (Fsp3) is 0.324. The second-order valence-corrected chi connectivity index (χ2v) is 10.9. The van der Waals surface area contributed by atoms with Crippen molar-refractivity contribution >= 4 is 29.8 Å². The molecule has 0 fully saturated rings. The smallest absolute Gasteiger partial charge is 0.337 e. The number of amides is 2. The number of rotatable bonds is 15. The van der Waals surface area contributed by atoms with Gasteiger partial charge in [0.1, 0.15) is 13.2 Å². The lowest BCUT2D eigenvalue weighted by Crippen LogP contribution is -2.45. The molecular formula is C34H39ClN4O8. The van der Waals surface area contributed by atoms with Gasteiger partial charge >= 0.3 is 12.0 Å². The second kappa shape index (κ2) is 16.6. The zero-order valence-corrected chi connectivity index (χ0v) is 27.6. The highest BCUT2D eigenvalue weighted by Gasteiger charge is 2.32. The maximum absolute atomic E-state index is 12.5. The third kappa shape index (κ3) is 9.30. The summed E-state index contributed by atoms with van der Waals surface area (Å²) in [4.78, 5) is 24.6. The van der Waals surface area contributed by atoms with Crippen molar-refractivity contribution in [3.63, 3.8) is 0 Å². The first-order valence-electron chi connectivity index (χ1n) is 15.0. The van der Waals surface area contributed by atoms with Crippen molar-refractivity contribution in [2.45, 2.75) is 46.6 Å². The van der Waals surface area contributed by atoms with Crippen LogP contribution in [-0.2, 0) is 16.1 Å². The topological polar surface area (TPSA) is 149 Å². The number of nitrogens with zero attached hydrogens (tertiary/aromatic N) is 1. The standard InChI is InChI=1S/C34H39ClN4O8/c1-6-44-27-16-24(31-30(33(41)43-5)21(4)37-34(42)38-31)12-13-26(27)46-19-29(40)39-36-17-23-14-25(35)32(28(15-23)45-7-2)47-18-22-10-8-20(3)9-11-22/h8-17,29,31,39-40H,6-7,18-19H2,1-5H3,(H2,37,38,42)/b36-17-/t29-,31-/m0/s1. The number of hydrogen-bond acceptors (Lipinski definition) is 10. The first-order chi connectivity index (χ1) is 22.6. The Kier molecular flexibility index (Phi) is 12.3. The number of aliphatic hydroxyl groups is 1. The predicted molar refractivity (Wildman–Crippen MR) is 177 cm³/mol. The van der Waals surface area contributed by atoms with Gasteiger partial charge in [0.2, 0.25) is 0 Å². The van der Waals surface area contributed by atoms with E-state index in [1.54, 1.807) is 37.3 Å². The molecule has 0 aromatic heterocycles. The van der Waals surface area contributed by atoms with Crippen LogP contribution in [0.4, 0.5) is 4.79 Å². The number of nitrogens with one attached hydrogen (secondary N) is 3. The number of halogens is 1. The fourth-order valence-corrected chi connectivity index (χ4v) is 5.00. The molecule has 0 saturated heterocycles. The number of carbonyl (C=O) groups excluding carboxylic acids is 2. The molecule has 1 aliphatic rings. The van der Waals surface area contributed by atoms with Crippen LogP contribution < -0.4 is 35.0 Å². The monoisotopic (exact) mass is 666 g/mol. The molecule has 0 unspecified atom stereocenters. The number of aryl methyl sites for hydroxylation is 1. The lowest BCUT2D eigenvalue weighted by atomic mass is 9.95. The molecule has 0 bridgehead atoms. The van der Waals surface area contributed by atoms with E-state index in [1.165, 1.54) is 13.3 Å². The van der Waals surface area contributed by atoms with E-state index < -0.39 is 24.3 Å². The van der Waals surface area contributed by atoms with Crippen molar-refractivity contribution in [2.75, 3.05) is 26.9 Å². The minimum atomic E-state index is -1.18. The minimum Gasteiger partial charge on any atom is -0.490 e. The molecule has 12 nitrogen and oxygen atoms in total. The van der Waals surface area contributed by atoms with Gasteiger partial charge in [0, 0.05) is 5.70 Å². The van der Waals surface area contributed by atoms with Gasteiger partial charge in [-0.1, -0.05) is 47.5 Å². The van der Waals surface area contributed by atoms with E-state index in [0.29, 0.717) is 64.7 Å². The maximum atomic E-state index is 12.5. The van der Waals surface area contributed by atoms with E-state index >= 15 is 0 Å². The summed E-state index contributed by atoms with van der Waals surface area (Å²) in [7, 11) is 1.27. The van der Waals surface area contributed by atoms with Gasteiger partial charge in [0.25, 0.3) is 0 Å². The van der Waals surface area contributed by atoms with Crippen molar-refractivity contribution in [3.05, 3.63) is 93.1 Å². The molecule has 1 aliphatic heterocycles. The number of ether oxygens (including phenoxy) is 5. The number of benzene rings is 3. The number of hydrazone groups is 1. The average molecular weight is 667 g/mol. The molecule has 0 aliphatic carbocycles. The van der Waals surface area contributed by atoms with Crippen LogP contribution in [0.25, 0.3) is 0 Å². The maximum Gasteiger partial charge on any atom is 0.337 e. The van der Waals surface area contributed by atoms with Crippen LogP contribution in [0.2, 0.25) is 5.02 Å². The van der Waals surface area contributed by atoms with Gasteiger partial charge < -0.3 is 39.4 Å². The largest absolute Gasteiger partial charge is 0.490 e. The Morgan fingerprint density at radius 3 is 2.43 bits per heavy atom. The van der Waals surface area contributed by atoms with Crippen molar-refractivity contribution in [2.24, 2.45) is 5.10 Å². The van der Waals surface area contributed by atoms with Crippen molar-refractivity contribution in [3.8, 4) is 23.0 Å². The van der Waals surface area contributed by atoms with E-state index in [2.05, 4.69) is 21.2 Å². The molecule has 3 aromatic carbocycles. The molecule has 0 radical (unpaired) electrons. The molecule has 250 valence electrons. The van der Waals surface area contributed by atoms with Crippen LogP contribution in [0, 0.1) is 6.92 Å². The summed E-state index contributed by atoms with van der Waals surface area (Å²) >= 11 is 6.55. The second-order valence-electron chi connectivity index (χ2n) is 10.5. The number of esters is 1. The normalized spacial score (nSPS) is 15.0. The quantitative estimate of drug-likeness (QED) is 0.0748. The Labute approximate surface area is 278 Å². The Morgan fingerprint density at radius 1 is 1.00 bits per heavy atom. The number of aliphatic hydroxyl groups excluding tert-OH is 1. The van der Waals surface area contributed by atoms with E-state index in [4.69, 9.17) is 35.3 Å². The highest BCUT2D eigenvalue weighted by molar-refractivity contribution is 6.32. The Hall–Kier alpha value is -4.94. The minimum absolute atomic E-state index is 0.177. The first-order valence-corrected chi connectivity index (χ1v) is 15.4. The van der Waals surface area contributed by atoms with Crippen molar-refractivity contribution in [1.29, 1.82) is 0 Å². The van der Waals surface area contributed by atoms with Gasteiger partial charge in [0.15, 0.2) is 29.2 Å². The predicted octanol–water partition coefficient (Wildman–Crippen LogP) is 5.15. The zero-order chi connectivity index (χ0) is 33.9. The Balaban J connectivity index is 1.40. The summed E-state index contributed by atoms with van der Waals surface area (Å²) < 4.78 is 28.3. The summed E-state index contributed by atoms with van der Waals surface area (Å²) in [6.07, 6.45) is 0.309. The summed E-state index contributed by atoms with van der Waals surface area (Å²) in [5.41, 5.74) is 6.63. The molecule has 3 aromatic rings. The lowest BCUT2D eigenvalue weighted by Gasteiger charge is -2.28. The van der Waals surface area contributed by atoms with Gasteiger partial charge in [-0.3, -0.25) is 5.43 Å². The van der Waals surface area contributed by atoms with Gasteiger partial charge in [-0.25, -0.2) is 9.59 Å². The molecule has 0 spiro atoms. The summed E-state index contributed by atoms with van der Waals surface area (Å²) in [6, 6.07) is 15.2. The summed E-state index contributed by atoms with van der Waals surface area (Å²) in [6.45, 7) is 8.21. The molecule has 2 amide bonds. The third-order valence-corrected chi connectivity index (χ3v) is 7.23. The molecule has 1 heterocycles. The van der Waals surface area contributed by atoms with Gasteiger partial charge in [-0.2, -0.15) is 5.10 Å². The van der Waals surface area contributed by atoms with E-state index in [1.807, 2.05) is 45.0 Å². The van der Waals surface area contributed by atoms with Crippen LogP contribution in [0.15, 0.2) is 71.0 Å². The molecular weight excluding hydrogens is 628 g/mol. The number of urea groups is 1. The number of carbonyl (C=O) groups is 2. The third-order valence-electron chi connectivity index (χ3n) is 6.94. The molecule has 4 N–H and O–H groups in total. The average Bonchev–Trinajstić information content (AvgIpc) is 3.04. The summed E-state index contributed by atoms with van der Waals surface area (Å²) in [5.74, 6) is 1.03. The van der Waals surface area contributed by atoms with E-state index in [9.17, 15) is 14.7 Å². The molecule has 13 heteroatoms. The molecule has 0 saturated carbocycles. The van der Waals surface area contributed by atoms with Crippen molar-refractivity contribution in [1.82, 2.24) is 16.1 Å². The van der Waals surface area contributed by atoms with Crippen LogP contribution >= 0.6 is 11.6 Å².